The molecule has 0 amide bonds. The summed E-state index contributed by atoms with van der Waals surface area (Å²) >= 11 is 0. The van der Waals surface area contributed by atoms with E-state index in [1.807, 2.05) is 0 Å². The Morgan fingerprint density at radius 3 is 2.24 bits per heavy atom. The van der Waals surface area contributed by atoms with Gasteiger partial charge in [0.05, 0.1) is 0 Å². The molecule has 0 spiro atoms. The predicted molar refractivity (Wildman–Crippen MR) is 66.5 cm³/mol. The number of aliphatic hydroxyl groups is 1. The SMILES string of the molecule is C[C@@H](N)c1cccc(C(F)(F)C(C)(C)O)c1.Cl. The van der Waals surface area contributed by atoms with Crippen LogP contribution in [-0.4, -0.2) is 10.7 Å². The highest BCUT2D eigenvalue weighted by molar-refractivity contribution is 5.85. The molecule has 1 aromatic carbocycles. The van der Waals surface area contributed by atoms with Gasteiger partial charge >= 0.3 is 5.92 Å². The number of nitrogens with two attached hydrogens (primary N) is 1. The highest BCUT2D eigenvalue weighted by Gasteiger charge is 2.46. The van der Waals surface area contributed by atoms with Crippen LogP contribution in [0.1, 0.15) is 37.9 Å². The second-order valence-electron chi connectivity index (χ2n) is 4.55. The summed E-state index contributed by atoms with van der Waals surface area (Å²) in [6, 6.07) is 5.53. The smallest absolute Gasteiger partial charge is 0.300 e. The zero-order chi connectivity index (χ0) is 12.6. The molecule has 0 heterocycles. The predicted octanol–water partition coefficient (Wildman–Crippen LogP) is 2.99. The van der Waals surface area contributed by atoms with Gasteiger partial charge in [0.2, 0.25) is 0 Å². The van der Waals surface area contributed by atoms with Gasteiger partial charge in [0.25, 0.3) is 0 Å². The molecule has 3 N–H and O–H groups in total. The lowest BCUT2D eigenvalue weighted by atomic mass is 9.91. The van der Waals surface area contributed by atoms with Crippen LogP contribution in [0.15, 0.2) is 24.3 Å². The lowest BCUT2D eigenvalue weighted by Gasteiger charge is -2.29. The van der Waals surface area contributed by atoms with Crippen molar-refractivity contribution in [3.8, 4) is 0 Å². The zero-order valence-electron chi connectivity index (χ0n) is 10.1. The minimum Gasteiger partial charge on any atom is -0.384 e. The Morgan fingerprint density at radius 1 is 1.29 bits per heavy atom. The number of hydrogen-bond acceptors (Lipinski definition) is 2. The van der Waals surface area contributed by atoms with Crippen molar-refractivity contribution in [1.82, 2.24) is 0 Å². The maximum absolute atomic E-state index is 13.8. The first-order chi connectivity index (χ1) is 7.16. The quantitative estimate of drug-likeness (QED) is 0.883. The second kappa shape index (κ2) is 5.29. The van der Waals surface area contributed by atoms with Crippen LogP contribution in [-0.2, 0) is 5.92 Å². The molecule has 0 saturated heterocycles. The fourth-order valence-electron chi connectivity index (χ4n) is 1.37. The largest absolute Gasteiger partial charge is 0.384 e. The van der Waals surface area contributed by atoms with Crippen molar-refractivity contribution in [1.29, 1.82) is 0 Å². The highest BCUT2D eigenvalue weighted by Crippen LogP contribution is 2.39. The molecule has 0 unspecified atom stereocenters. The lowest BCUT2D eigenvalue weighted by Crippen LogP contribution is -2.40. The lowest BCUT2D eigenvalue weighted by molar-refractivity contribution is -0.168. The summed E-state index contributed by atoms with van der Waals surface area (Å²) in [5, 5.41) is 9.45. The summed E-state index contributed by atoms with van der Waals surface area (Å²) in [5.74, 6) is -3.29. The Labute approximate surface area is 106 Å². The van der Waals surface area contributed by atoms with Gasteiger partial charge < -0.3 is 10.8 Å². The summed E-state index contributed by atoms with van der Waals surface area (Å²) in [6.45, 7) is 3.90. The van der Waals surface area contributed by atoms with Gasteiger partial charge in [-0.05, 0) is 32.4 Å². The third-order valence-corrected chi connectivity index (χ3v) is 2.54. The van der Waals surface area contributed by atoms with Crippen LogP contribution in [0, 0.1) is 0 Å². The van der Waals surface area contributed by atoms with E-state index in [1.54, 1.807) is 13.0 Å². The van der Waals surface area contributed by atoms with Gasteiger partial charge in [-0.15, -0.1) is 12.4 Å². The van der Waals surface area contributed by atoms with E-state index in [0.29, 0.717) is 5.56 Å². The maximum Gasteiger partial charge on any atom is 0.300 e. The molecule has 1 aromatic rings. The van der Waals surface area contributed by atoms with Crippen molar-refractivity contribution < 1.29 is 13.9 Å². The Bertz CT molecular complexity index is 375. The molecule has 98 valence electrons. The molecule has 0 aliphatic carbocycles. The fourth-order valence-corrected chi connectivity index (χ4v) is 1.37. The average Bonchev–Trinajstić information content (AvgIpc) is 2.16. The van der Waals surface area contributed by atoms with Crippen molar-refractivity contribution in [3.05, 3.63) is 35.4 Å². The Morgan fingerprint density at radius 2 is 1.82 bits per heavy atom. The molecule has 0 fully saturated rings. The maximum atomic E-state index is 13.8. The van der Waals surface area contributed by atoms with Crippen LogP contribution in [0.4, 0.5) is 8.78 Å². The molecule has 1 rings (SSSR count). The van der Waals surface area contributed by atoms with Crippen LogP contribution in [0.3, 0.4) is 0 Å². The van der Waals surface area contributed by atoms with E-state index in [9.17, 15) is 13.9 Å². The number of hydrogen-bond donors (Lipinski definition) is 2. The van der Waals surface area contributed by atoms with Crippen LogP contribution in [0.5, 0.6) is 0 Å². The van der Waals surface area contributed by atoms with Crippen LogP contribution < -0.4 is 5.73 Å². The van der Waals surface area contributed by atoms with Gasteiger partial charge in [0.1, 0.15) is 5.60 Å². The third-order valence-electron chi connectivity index (χ3n) is 2.54. The van der Waals surface area contributed by atoms with Gasteiger partial charge in [0.15, 0.2) is 0 Å². The topological polar surface area (TPSA) is 46.2 Å². The van der Waals surface area contributed by atoms with Crippen LogP contribution in [0.2, 0.25) is 0 Å². The molecule has 0 bridgehead atoms. The summed E-state index contributed by atoms with van der Waals surface area (Å²) in [5.41, 5.74) is 3.95. The monoisotopic (exact) mass is 265 g/mol. The first kappa shape index (κ1) is 16.3. The van der Waals surface area contributed by atoms with Crippen molar-refractivity contribution in [2.45, 2.75) is 38.3 Å². The fraction of sp³-hybridized carbons (Fsp3) is 0.500. The molecule has 17 heavy (non-hydrogen) atoms. The highest BCUT2D eigenvalue weighted by atomic mass is 35.5. The number of alkyl halides is 2. The number of halogens is 3. The first-order valence-electron chi connectivity index (χ1n) is 5.12. The Balaban J connectivity index is 0.00000256. The van der Waals surface area contributed by atoms with Gasteiger partial charge in [0, 0.05) is 11.6 Å². The van der Waals surface area contributed by atoms with E-state index in [4.69, 9.17) is 5.73 Å². The molecule has 1 atom stereocenters. The van der Waals surface area contributed by atoms with Crippen molar-refractivity contribution >= 4 is 12.4 Å². The van der Waals surface area contributed by atoms with Crippen LogP contribution in [0.25, 0.3) is 0 Å². The minimum atomic E-state index is -3.29. The van der Waals surface area contributed by atoms with Crippen molar-refractivity contribution in [2.24, 2.45) is 5.73 Å². The van der Waals surface area contributed by atoms with E-state index in [1.165, 1.54) is 18.2 Å². The van der Waals surface area contributed by atoms with Gasteiger partial charge in [-0.25, -0.2) is 0 Å². The van der Waals surface area contributed by atoms with Crippen molar-refractivity contribution in [3.63, 3.8) is 0 Å². The summed E-state index contributed by atoms with van der Waals surface area (Å²) in [4.78, 5) is 0. The molecular formula is C12H18ClF2NO. The van der Waals surface area contributed by atoms with Gasteiger partial charge in [-0.2, -0.15) is 8.78 Å². The van der Waals surface area contributed by atoms with E-state index < -0.39 is 11.5 Å². The molecule has 0 saturated carbocycles. The van der Waals surface area contributed by atoms with E-state index in [2.05, 4.69) is 0 Å². The molecule has 0 aliphatic heterocycles. The van der Waals surface area contributed by atoms with Gasteiger partial charge in [-0.1, -0.05) is 18.2 Å². The molecule has 5 heteroatoms. The molecule has 0 aromatic heterocycles. The Kier molecular flexibility index (Phi) is 5.07. The van der Waals surface area contributed by atoms with Crippen molar-refractivity contribution in [2.75, 3.05) is 0 Å². The molecule has 2 nitrogen and oxygen atoms in total. The van der Waals surface area contributed by atoms with E-state index in [0.717, 1.165) is 13.8 Å². The first-order valence-corrected chi connectivity index (χ1v) is 5.12. The molecule has 0 aliphatic rings. The van der Waals surface area contributed by atoms with E-state index in [-0.39, 0.29) is 24.0 Å². The zero-order valence-corrected chi connectivity index (χ0v) is 10.9. The molecule has 0 radical (unpaired) electrons. The van der Waals surface area contributed by atoms with E-state index >= 15 is 0 Å². The summed E-state index contributed by atoms with van der Waals surface area (Å²) < 4.78 is 27.6. The third kappa shape index (κ3) is 3.37. The van der Waals surface area contributed by atoms with Gasteiger partial charge in [-0.3, -0.25) is 0 Å². The minimum absolute atomic E-state index is 0. The molecular weight excluding hydrogens is 248 g/mol. The van der Waals surface area contributed by atoms with Crippen LogP contribution >= 0.6 is 12.4 Å². The number of rotatable bonds is 3. The average molecular weight is 266 g/mol. The summed E-state index contributed by atoms with van der Waals surface area (Å²) in [7, 11) is 0. The standard InChI is InChI=1S/C12H17F2NO.ClH/c1-8(15)9-5-4-6-10(7-9)12(13,14)11(2,3)16;/h4-8,16H,15H2,1-3H3;1H/t8-;/m1./s1. The Hall–Kier alpha value is -0.710. The number of benzene rings is 1. The second-order valence-corrected chi connectivity index (χ2v) is 4.55. The normalized spacial score (nSPS) is 14.1. The summed E-state index contributed by atoms with van der Waals surface area (Å²) in [6.07, 6.45) is 0.